The molecule has 0 aromatic heterocycles. The lowest BCUT2D eigenvalue weighted by Crippen LogP contribution is -2.10. The van der Waals surface area contributed by atoms with Crippen LogP contribution in [-0.4, -0.2) is 6.18 Å². The molecule has 0 saturated carbocycles. The predicted molar refractivity (Wildman–Crippen MR) is 55.4 cm³/mol. The standard InChI is InChI=1S/C12H12F3N/c1-9-4-2-6-11(12(13,14)15)8-10(9)5-3-7-16/h2,4,6,8-9H,3,5H2,1H3. The van der Waals surface area contributed by atoms with Crippen LogP contribution < -0.4 is 0 Å². The molecule has 1 aliphatic rings. The molecule has 0 aliphatic heterocycles. The van der Waals surface area contributed by atoms with E-state index in [-0.39, 0.29) is 12.3 Å². The highest BCUT2D eigenvalue weighted by Crippen LogP contribution is 2.32. The Bertz CT molecular complexity index is 380. The molecule has 4 heteroatoms. The molecule has 0 aromatic rings. The van der Waals surface area contributed by atoms with Crippen LogP contribution in [0.4, 0.5) is 13.2 Å². The van der Waals surface area contributed by atoms with Gasteiger partial charge in [0.05, 0.1) is 11.6 Å². The largest absolute Gasteiger partial charge is 0.416 e. The summed E-state index contributed by atoms with van der Waals surface area (Å²) in [6.45, 7) is 1.83. The van der Waals surface area contributed by atoms with E-state index < -0.39 is 11.7 Å². The molecule has 0 spiro atoms. The van der Waals surface area contributed by atoms with E-state index in [4.69, 9.17) is 5.26 Å². The zero-order chi connectivity index (χ0) is 12.2. The molecule has 1 aliphatic carbocycles. The topological polar surface area (TPSA) is 23.8 Å². The number of nitriles is 1. The van der Waals surface area contributed by atoms with Crippen molar-refractivity contribution < 1.29 is 13.2 Å². The first-order valence-corrected chi connectivity index (χ1v) is 4.98. The van der Waals surface area contributed by atoms with Gasteiger partial charge in [-0.3, -0.25) is 0 Å². The van der Waals surface area contributed by atoms with E-state index >= 15 is 0 Å². The summed E-state index contributed by atoms with van der Waals surface area (Å²) in [5, 5.41) is 8.45. The van der Waals surface area contributed by atoms with E-state index in [1.54, 1.807) is 6.08 Å². The molecule has 16 heavy (non-hydrogen) atoms. The monoisotopic (exact) mass is 227 g/mol. The first kappa shape index (κ1) is 12.6. The molecule has 0 aromatic carbocycles. The predicted octanol–water partition coefficient (Wildman–Crippen LogP) is 3.91. The van der Waals surface area contributed by atoms with Crippen LogP contribution in [0, 0.1) is 17.2 Å². The van der Waals surface area contributed by atoms with Crippen molar-refractivity contribution in [3.63, 3.8) is 0 Å². The lowest BCUT2D eigenvalue weighted by Gasteiger charge is -2.12. The average Bonchev–Trinajstić information content (AvgIpc) is 2.37. The summed E-state index contributed by atoms with van der Waals surface area (Å²) < 4.78 is 37.6. The van der Waals surface area contributed by atoms with Gasteiger partial charge >= 0.3 is 6.18 Å². The van der Waals surface area contributed by atoms with Crippen LogP contribution in [0.5, 0.6) is 0 Å². The van der Waals surface area contributed by atoms with Crippen LogP contribution in [-0.2, 0) is 0 Å². The molecule has 0 saturated heterocycles. The summed E-state index contributed by atoms with van der Waals surface area (Å²) in [5.74, 6) is -0.0514. The van der Waals surface area contributed by atoms with Crippen molar-refractivity contribution in [2.24, 2.45) is 5.92 Å². The minimum atomic E-state index is -4.33. The van der Waals surface area contributed by atoms with Crippen LogP contribution in [0.1, 0.15) is 19.8 Å². The highest BCUT2D eigenvalue weighted by atomic mass is 19.4. The number of alkyl halides is 3. The Morgan fingerprint density at radius 1 is 1.44 bits per heavy atom. The van der Waals surface area contributed by atoms with Gasteiger partial charge in [0, 0.05) is 6.42 Å². The molecule has 0 amide bonds. The van der Waals surface area contributed by atoms with Gasteiger partial charge in [0.1, 0.15) is 0 Å². The Kier molecular flexibility index (Phi) is 3.94. The zero-order valence-electron chi connectivity index (χ0n) is 8.88. The molecule has 0 bridgehead atoms. The number of hydrogen-bond donors (Lipinski definition) is 0. The van der Waals surface area contributed by atoms with Crippen LogP contribution in [0.25, 0.3) is 0 Å². The fourth-order valence-corrected chi connectivity index (χ4v) is 1.51. The van der Waals surface area contributed by atoms with E-state index in [2.05, 4.69) is 0 Å². The summed E-state index contributed by atoms with van der Waals surface area (Å²) in [7, 11) is 0. The SMILES string of the molecule is CC1C=CC=C(C(F)(F)F)C=C1CCC#N. The maximum absolute atomic E-state index is 12.5. The molecule has 1 unspecified atom stereocenters. The van der Waals surface area contributed by atoms with E-state index in [0.29, 0.717) is 12.0 Å². The van der Waals surface area contributed by atoms with Crippen molar-refractivity contribution in [3.8, 4) is 6.07 Å². The minimum absolute atomic E-state index is 0.0514. The number of rotatable bonds is 2. The van der Waals surface area contributed by atoms with Crippen LogP contribution in [0.2, 0.25) is 0 Å². The summed E-state index contributed by atoms with van der Waals surface area (Å²) in [6, 6.07) is 1.94. The quantitative estimate of drug-likeness (QED) is 0.701. The molecule has 86 valence electrons. The van der Waals surface area contributed by atoms with Gasteiger partial charge in [-0.25, -0.2) is 0 Å². The minimum Gasteiger partial charge on any atom is -0.198 e. The third kappa shape index (κ3) is 3.27. The molecule has 1 rings (SSSR count). The number of halogens is 3. The third-order valence-electron chi connectivity index (χ3n) is 2.45. The third-order valence-corrected chi connectivity index (χ3v) is 2.45. The number of hydrogen-bond acceptors (Lipinski definition) is 1. The van der Waals surface area contributed by atoms with E-state index in [1.165, 1.54) is 6.08 Å². The molecule has 0 N–H and O–H groups in total. The number of nitrogens with zero attached hydrogens (tertiary/aromatic N) is 1. The molecular formula is C12H12F3N. The second kappa shape index (κ2) is 5.02. The maximum atomic E-state index is 12.5. The first-order valence-electron chi connectivity index (χ1n) is 4.98. The van der Waals surface area contributed by atoms with Gasteiger partial charge in [0.25, 0.3) is 0 Å². The maximum Gasteiger partial charge on any atom is 0.416 e. The fourth-order valence-electron chi connectivity index (χ4n) is 1.51. The highest BCUT2D eigenvalue weighted by molar-refractivity contribution is 5.36. The number of allylic oxidation sites excluding steroid dienone is 6. The summed E-state index contributed by atoms with van der Waals surface area (Å²) in [6.07, 6.45) is 1.65. The summed E-state index contributed by atoms with van der Waals surface area (Å²) in [4.78, 5) is 0. The summed E-state index contributed by atoms with van der Waals surface area (Å²) in [5.41, 5.74) is -0.0000789. The summed E-state index contributed by atoms with van der Waals surface area (Å²) >= 11 is 0. The van der Waals surface area contributed by atoms with Crippen molar-refractivity contribution >= 4 is 0 Å². The van der Waals surface area contributed by atoms with Crippen molar-refractivity contribution in [1.82, 2.24) is 0 Å². The molecule has 0 heterocycles. The van der Waals surface area contributed by atoms with Gasteiger partial charge in [-0.2, -0.15) is 18.4 Å². The second-order valence-electron chi connectivity index (χ2n) is 3.67. The lowest BCUT2D eigenvalue weighted by molar-refractivity contribution is -0.0882. The van der Waals surface area contributed by atoms with Gasteiger partial charge in [-0.05, 0) is 12.3 Å². The van der Waals surface area contributed by atoms with Crippen molar-refractivity contribution in [2.45, 2.75) is 25.9 Å². The Labute approximate surface area is 92.6 Å². The average molecular weight is 227 g/mol. The van der Waals surface area contributed by atoms with Gasteiger partial charge in [-0.15, -0.1) is 0 Å². The molecule has 0 fully saturated rings. The van der Waals surface area contributed by atoms with Gasteiger partial charge < -0.3 is 0 Å². The normalized spacial score (nSPS) is 20.8. The van der Waals surface area contributed by atoms with Crippen molar-refractivity contribution in [3.05, 3.63) is 35.5 Å². The zero-order valence-corrected chi connectivity index (χ0v) is 8.88. The van der Waals surface area contributed by atoms with Crippen molar-refractivity contribution in [1.29, 1.82) is 5.26 Å². The lowest BCUT2D eigenvalue weighted by atomic mass is 9.96. The van der Waals surface area contributed by atoms with Crippen molar-refractivity contribution in [2.75, 3.05) is 0 Å². The van der Waals surface area contributed by atoms with Crippen LogP contribution in [0.15, 0.2) is 35.5 Å². The van der Waals surface area contributed by atoms with E-state index in [9.17, 15) is 13.2 Å². The first-order chi connectivity index (χ1) is 7.45. The van der Waals surface area contributed by atoms with E-state index in [1.807, 2.05) is 13.0 Å². The Morgan fingerprint density at radius 2 is 2.12 bits per heavy atom. The van der Waals surface area contributed by atoms with Gasteiger partial charge in [0.2, 0.25) is 0 Å². The smallest absolute Gasteiger partial charge is 0.198 e. The van der Waals surface area contributed by atoms with Crippen LogP contribution in [0.3, 0.4) is 0 Å². The van der Waals surface area contributed by atoms with Gasteiger partial charge in [-0.1, -0.05) is 36.8 Å². The Balaban J connectivity index is 2.97. The highest BCUT2D eigenvalue weighted by Gasteiger charge is 2.32. The molecule has 0 radical (unpaired) electrons. The molecular weight excluding hydrogens is 215 g/mol. The molecule has 1 atom stereocenters. The fraction of sp³-hybridized carbons (Fsp3) is 0.417. The second-order valence-corrected chi connectivity index (χ2v) is 3.67. The Hall–Kier alpha value is -1.50. The molecule has 1 nitrogen and oxygen atoms in total. The van der Waals surface area contributed by atoms with E-state index in [0.717, 1.165) is 12.2 Å². The van der Waals surface area contributed by atoms with Crippen LogP contribution >= 0.6 is 0 Å². The Morgan fingerprint density at radius 3 is 2.69 bits per heavy atom. The van der Waals surface area contributed by atoms with Gasteiger partial charge in [0.15, 0.2) is 0 Å².